The second-order valence-electron chi connectivity index (χ2n) is 8.61. The van der Waals surface area contributed by atoms with Gasteiger partial charge in [0.15, 0.2) is 0 Å². The molecule has 1 amide bonds. The fourth-order valence-corrected chi connectivity index (χ4v) is 6.14. The Kier molecular flexibility index (Phi) is 7.32. The zero-order chi connectivity index (χ0) is 25.2. The van der Waals surface area contributed by atoms with E-state index >= 15 is 0 Å². The van der Waals surface area contributed by atoms with Gasteiger partial charge in [0.25, 0.3) is 0 Å². The minimum absolute atomic E-state index is 0.00382. The zero-order valence-corrected chi connectivity index (χ0v) is 20.9. The van der Waals surface area contributed by atoms with Gasteiger partial charge in [0.2, 0.25) is 22.0 Å². The van der Waals surface area contributed by atoms with Gasteiger partial charge in [-0.3, -0.25) is 4.79 Å². The van der Waals surface area contributed by atoms with E-state index in [1.165, 1.54) is 22.4 Å². The normalized spacial score (nSPS) is 20.5. The number of ether oxygens (including phenoxy) is 3. The number of sulfonamides is 1. The van der Waals surface area contributed by atoms with Crippen LogP contribution >= 0.6 is 0 Å². The molecule has 2 aliphatic heterocycles. The predicted molar refractivity (Wildman–Crippen MR) is 129 cm³/mol. The molecule has 0 saturated carbocycles. The van der Waals surface area contributed by atoms with Crippen LogP contribution in [0.2, 0.25) is 0 Å². The third kappa shape index (κ3) is 4.99. The van der Waals surface area contributed by atoms with E-state index in [1.807, 2.05) is 6.92 Å². The standard InChI is InChI=1S/C25H30N2O7S/c1-4-33-21-12-11-19(14-17(21)2)35(30,31)26-13-7-8-18(15-26)24(28)27-16-23(25(29)32-3)34-22-10-6-5-9-20(22)27/h5-6,9-12,14,18,23H,4,7-8,13,15-16H2,1-3H3/t18-,23+/m1/s1. The first kappa shape index (κ1) is 25.0. The Hall–Kier alpha value is -3.11. The number of esters is 1. The Balaban J connectivity index is 1.56. The van der Waals surface area contributed by atoms with Crippen LogP contribution in [0.4, 0.5) is 5.69 Å². The van der Waals surface area contributed by atoms with Gasteiger partial charge in [-0.05, 0) is 62.6 Å². The largest absolute Gasteiger partial charge is 0.494 e. The van der Waals surface area contributed by atoms with Gasteiger partial charge in [0.05, 0.1) is 36.8 Å². The first-order chi connectivity index (χ1) is 16.8. The number of methoxy groups -OCH3 is 1. The minimum Gasteiger partial charge on any atom is -0.494 e. The van der Waals surface area contributed by atoms with Gasteiger partial charge in [-0.1, -0.05) is 12.1 Å². The lowest BCUT2D eigenvalue weighted by molar-refractivity contribution is -0.148. The van der Waals surface area contributed by atoms with E-state index in [9.17, 15) is 18.0 Å². The predicted octanol–water partition coefficient (Wildman–Crippen LogP) is 2.76. The van der Waals surface area contributed by atoms with Gasteiger partial charge in [-0.15, -0.1) is 0 Å². The Morgan fingerprint density at radius 3 is 2.63 bits per heavy atom. The zero-order valence-electron chi connectivity index (χ0n) is 20.1. The lowest BCUT2D eigenvalue weighted by atomic mass is 9.97. The van der Waals surface area contributed by atoms with Crippen molar-refractivity contribution in [3.63, 3.8) is 0 Å². The van der Waals surface area contributed by atoms with Crippen molar-refractivity contribution in [2.75, 3.05) is 38.3 Å². The van der Waals surface area contributed by atoms with Crippen LogP contribution in [0.25, 0.3) is 0 Å². The summed E-state index contributed by atoms with van der Waals surface area (Å²) >= 11 is 0. The monoisotopic (exact) mass is 502 g/mol. The van der Waals surface area contributed by atoms with E-state index < -0.39 is 28.0 Å². The first-order valence-corrected chi connectivity index (χ1v) is 13.1. The summed E-state index contributed by atoms with van der Waals surface area (Å²) < 4.78 is 44.3. The highest BCUT2D eigenvalue weighted by Gasteiger charge is 2.40. The van der Waals surface area contributed by atoms with Crippen LogP contribution in [-0.4, -0.2) is 64.1 Å². The Labute approximate surface area is 205 Å². The number of carbonyl (C=O) groups excluding carboxylic acids is 2. The molecular weight excluding hydrogens is 472 g/mol. The van der Waals surface area contributed by atoms with Crippen LogP contribution in [0.1, 0.15) is 25.3 Å². The molecule has 0 aliphatic carbocycles. The lowest BCUT2D eigenvalue weighted by Gasteiger charge is -2.38. The first-order valence-electron chi connectivity index (χ1n) is 11.6. The Morgan fingerprint density at radius 2 is 1.91 bits per heavy atom. The molecule has 0 aromatic heterocycles. The minimum atomic E-state index is -3.79. The highest BCUT2D eigenvalue weighted by Crippen LogP contribution is 2.36. The van der Waals surface area contributed by atoms with E-state index in [0.717, 1.165) is 5.56 Å². The molecule has 0 spiro atoms. The quantitative estimate of drug-likeness (QED) is 0.560. The van der Waals surface area contributed by atoms with Crippen molar-refractivity contribution in [2.24, 2.45) is 5.92 Å². The number of amides is 1. The third-order valence-corrected chi connectivity index (χ3v) is 8.18. The smallest absolute Gasteiger partial charge is 0.348 e. The summed E-state index contributed by atoms with van der Waals surface area (Å²) in [6.45, 7) is 4.57. The molecule has 2 aromatic carbocycles. The molecule has 2 aliphatic rings. The second-order valence-corrected chi connectivity index (χ2v) is 10.5. The number of benzene rings is 2. The molecule has 10 heteroatoms. The van der Waals surface area contributed by atoms with Gasteiger partial charge in [-0.2, -0.15) is 4.31 Å². The average molecular weight is 503 g/mol. The van der Waals surface area contributed by atoms with Crippen LogP contribution in [0, 0.1) is 12.8 Å². The summed E-state index contributed by atoms with van der Waals surface area (Å²) in [7, 11) is -2.53. The van der Waals surface area contributed by atoms with Crippen molar-refractivity contribution in [2.45, 2.75) is 37.7 Å². The van der Waals surface area contributed by atoms with E-state index in [2.05, 4.69) is 0 Å². The van der Waals surface area contributed by atoms with Crippen molar-refractivity contribution < 1.29 is 32.2 Å². The fraction of sp³-hybridized carbons (Fsp3) is 0.440. The number of hydrogen-bond donors (Lipinski definition) is 0. The van der Waals surface area contributed by atoms with Gasteiger partial charge in [0.1, 0.15) is 11.5 Å². The molecule has 1 saturated heterocycles. The number of aryl methyl sites for hydroxylation is 1. The number of nitrogens with zero attached hydrogens (tertiary/aromatic N) is 2. The average Bonchev–Trinajstić information content (AvgIpc) is 2.88. The van der Waals surface area contributed by atoms with Crippen molar-refractivity contribution in [3.8, 4) is 11.5 Å². The molecule has 2 aromatic rings. The van der Waals surface area contributed by atoms with Crippen molar-refractivity contribution in [1.82, 2.24) is 4.31 Å². The molecule has 0 radical (unpaired) electrons. The van der Waals surface area contributed by atoms with Crippen LogP contribution in [0.15, 0.2) is 47.4 Å². The van der Waals surface area contributed by atoms with E-state index in [1.54, 1.807) is 43.3 Å². The topological polar surface area (TPSA) is 102 Å². The highest BCUT2D eigenvalue weighted by atomic mass is 32.2. The number of rotatable bonds is 6. The van der Waals surface area contributed by atoms with Crippen LogP contribution < -0.4 is 14.4 Å². The van der Waals surface area contributed by atoms with Gasteiger partial charge < -0.3 is 19.1 Å². The molecule has 0 bridgehead atoms. The summed E-state index contributed by atoms with van der Waals surface area (Å²) in [5.74, 6) is -0.308. The molecule has 188 valence electrons. The van der Waals surface area contributed by atoms with E-state index in [4.69, 9.17) is 14.2 Å². The number of hydrogen-bond acceptors (Lipinski definition) is 7. The van der Waals surface area contributed by atoms with Crippen molar-refractivity contribution >= 4 is 27.6 Å². The van der Waals surface area contributed by atoms with Gasteiger partial charge in [-0.25, -0.2) is 13.2 Å². The van der Waals surface area contributed by atoms with Crippen LogP contribution in [-0.2, 0) is 24.3 Å². The maximum atomic E-state index is 13.6. The van der Waals surface area contributed by atoms with E-state index in [0.29, 0.717) is 43.2 Å². The Morgan fingerprint density at radius 1 is 1.14 bits per heavy atom. The Bertz CT molecular complexity index is 1210. The molecule has 2 heterocycles. The number of para-hydroxylation sites is 2. The second kappa shape index (κ2) is 10.2. The van der Waals surface area contributed by atoms with Crippen LogP contribution in [0.3, 0.4) is 0 Å². The van der Waals surface area contributed by atoms with Gasteiger partial charge >= 0.3 is 5.97 Å². The van der Waals surface area contributed by atoms with E-state index in [-0.39, 0.29) is 23.9 Å². The maximum absolute atomic E-state index is 13.6. The molecule has 9 nitrogen and oxygen atoms in total. The molecule has 35 heavy (non-hydrogen) atoms. The van der Waals surface area contributed by atoms with Crippen molar-refractivity contribution in [1.29, 1.82) is 0 Å². The maximum Gasteiger partial charge on any atom is 0.348 e. The summed E-state index contributed by atoms with van der Waals surface area (Å²) in [6, 6.07) is 11.8. The molecule has 4 rings (SSSR count). The summed E-state index contributed by atoms with van der Waals surface area (Å²) in [5, 5.41) is 0. The molecule has 2 atom stereocenters. The number of anilines is 1. The number of carbonyl (C=O) groups is 2. The molecule has 0 unspecified atom stereocenters. The lowest BCUT2D eigenvalue weighted by Crippen LogP contribution is -2.52. The summed E-state index contributed by atoms with van der Waals surface area (Å²) in [4.78, 5) is 27.5. The molecule has 0 N–H and O–H groups in total. The van der Waals surface area contributed by atoms with Crippen molar-refractivity contribution in [3.05, 3.63) is 48.0 Å². The highest BCUT2D eigenvalue weighted by molar-refractivity contribution is 7.89. The van der Waals surface area contributed by atoms with Crippen LogP contribution in [0.5, 0.6) is 11.5 Å². The molecular formula is C25H30N2O7S. The van der Waals surface area contributed by atoms with Gasteiger partial charge in [0, 0.05) is 13.1 Å². The fourth-order valence-electron chi connectivity index (χ4n) is 4.53. The molecule has 1 fully saturated rings. The summed E-state index contributed by atoms with van der Waals surface area (Å²) in [6.07, 6.45) is 0.155. The third-order valence-electron chi connectivity index (χ3n) is 6.32. The SMILES string of the molecule is CCOc1ccc(S(=O)(=O)N2CCC[C@@H](C(=O)N3C[C@@H](C(=O)OC)Oc4ccccc43)C2)cc1C. The summed E-state index contributed by atoms with van der Waals surface area (Å²) in [5.41, 5.74) is 1.29. The number of fused-ring (bicyclic) bond motifs is 1. The number of piperidine rings is 1.